The van der Waals surface area contributed by atoms with Gasteiger partial charge in [-0.2, -0.15) is 0 Å². The van der Waals surface area contributed by atoms with Gasteiger partial charge < -0.3 is 5.32 Å². The van der Waals surface area contributed by atoms with Crippen LogP contribution in [0.5, 0.6) is 0 Å². The van der Waals surface area contributed by atoms with E-state index in [2.05, 4.69) is 35.5 Å². The molecule has 106 valence electrons. The third-order valence-corrected chi connectivity index (χ3v) is 4.97. The fourth-order valence-corrected chi connectivity index (χ4v) is 3.55. The molecule has 2 heterocycles. The predicted octanol–water partition coefficient (Wildman–Crippen LogP) is 3.19. The van der Waals surface area contributed by atoms with Crippen molar-refractivity contribution in [3.8, 4) is 0 Å². The first-order valence-electron chi connectivity index (χ1n) is 7.27. The molecule has 2 atom stereocenters. The van der Waals surface area contributed by atoms with E-state index in [1.54, 1.807) is 11.3 Å². The first-order chi connectivity index (χ1) is 9.20. The number of hydrogen-bond donors (Lipinski definition) is 1. The lowest BCUT2D eigenvalue weighted by Crippen LogP contribution is -2.45. The number of rotatable bonds is 5. The molecule has 1 fully saturated rings. The van der Waals surface area contributed by atoms with Gasteiger partial charge in [-0.3, -0.25) is 9.69 Å². The molecule has 0 aromatic carbocycles. The largest absolute Gasteiger partial charge is 0.348 e. The Morgan fingerprint density at radius 2 is 2.42 bits per heavy atom. The van der Waals surface area contributed by atoms with Crippen LogP contribution in [-0.4, -0.2) is 29.9 Å². The van der Waals surface area contributed by atoms with E-state index in [-0.39, 0.29) is 11.9 Å². The lowest BCUT2D eigenvalue weighted by molar-refractivity contribution is -0.123. The Hall–Kier alpha value is -0.870. The van der Waals surface area contributed by atoms with E-state index in [4.69, 9.17) is 0 Å². The zero-order valence-electron chi connectivity index (χ0n) is 11.9. The number of thiophene rings is 1. The van der Waals surface area contributed by atoms with Gasteiger partial charge in [-0.05, 0) is 44.2 Å². The normalized spacial score (nSPS) is 22.1. The SMILES string of the molecule is CCC1CCCCN1CC(=O)NC(C)c1cccs1. The lowest BCUT2D eigenvalue weighted by Gasteiger charge is -2.34. The molecule has 0 bridgehead atoms. The van der Waals surface area contributed by atoms with Crippen molar-refractivity contribution < 1.29 is 4.79 Å². The summed E-state index contributed by atoms with van der Waals surface area (Å²) in [4.78, 5) is 15.7. The number of nitrogens with one attached hydrogen (secondary N) is 1. The summed E-state index contributed by atoms with van der Waals surface area (Å²) in [6.45, 7) is 5.89. The highest BCUT2D eigenvalue weighted by Gasteiger charge is 2.23. The van der Waals surface area contributed by atoms with Gasteiger partial charge in [0, 0.05) is 10.9 Å². The second-order valence-corrected chi connectivity index (χ2v) is 6.31. The van der Waals surface area contributed by atoms with Gasteiger partial charge in [0.2, 0.25) is 5.91 Å². The molecule has 2 rings (SSSR count). The van der Waals surface area contributed by atoms with Crippen LogP contribution < -0.4 is 5.32 Å². The first kappa shape index (κ1) is 14.5. The van der Waals surface area contributed by atoms with Crippen LogP contribution >= 0.6 is 11.3 Å². The van der Waals surface area contributed by atoms with E-state index in [9.17, 15) is 4.79 Å². The van der Waals surface area contributed by atoms with Crippen LogP contribution in [0, 0.1) is 0 Å². The summed E-state index contributed by atoms with van der Waals surface area (Å²) in [5.41, 5.74) is 0. The summed E-state index contributed by atoms with van der Waals surface area (Å²) in [5, 5.41) is 5.16. The van der Waals surface area contributed by atoms with E-state index in [0.717, 1.165) is 13.0 Å². The molecule has 3 nitrogen and oxygen atoms in total. The number of hydrogen-bond acceptors (Lipinski definition) is 3. The quantitative estimate of drug-likeness (QED) is 0.898. The summed E-state index contributed by atoms with van der Waals surface area (Å²) in [6.07, 6.45) is 4.92. The number of likely N-dealkylation sites (tertiary alicyclic amines) is 1. The summed E-state index contributed by atoms with van der Waals surface area (Å²) >= 11 is 1.70. The van der Waals surface area contributed by atoms with Gasteiger partial charge in [0.1, 0.15) is 0 Å². The zero-order chi connectivity index (χ0) is 13.7. The molecule has 1 aromatic heterocycles. The molecule has 4 heteroatoms. The van der Waals surface area contributed by atoms with Gasteiger partial charge in [-0.1, -0.05) is 19.4 Å². The lowest BCUT2D eigenvalue weighted by atomic mass is 10.00. The average Bonchev–Trinajstić information content (AvgIpc) is 2.93. The predicted molar refractivity (Wildman–Crippen MR) is 80.4 cm³/mol. The van der Waals surface area contributed by atoms with E-state index in [1.165, 1.54) is 24.1 Å². The zero-order valence-corrected chi connectivity index (χ0v) is 12.7. The third-order valence-electron chi connectivity index (χ3n) is 3.91. The highest BCUT2D eigenvalue weighted by Crippen LogP contribution is 2.20. The molecular formula is C15H24N2OS. The number of piperidine rings is 1. The van der Waals surface area contributed by atoms with Crippen molar-refractivity contribution in [2.45, 2.75) is 51.6 Å². The second-order valence-electron chi connectivity index (χ2n) is 5.33. The first-order valence-corrected chi connectivity index (χ1v) is 8.15. The van der Waals surface area contributed by atoms with E-state index in [0.29, 0.717) is 12.6 Å². The van der Waals surface area contributed by atoms with Crippen molar-refractivity contribution in [2.24, 2.45) is 0 Å². The molecule has 0 radical (unpaired) electrons. The highest BCUT2D eigenvalue weighted by atomic mass is 32.1. The number of nitrogens with zero attached hydrogens (tertiary/aromatic N) is 1. The van der Waals surface area contributed by atoms with Crippen molar-refractivity contribution in [3.05, 3.63) is 22.4 Å². The molecule has 1 amide bonds. The summed E-state index contributed by atoms with van der Waals surface area (Å²) in [5.74, 6) is 0.154. The summed E-state index contributed by atoms with van der Waals surface area (Å²) in [6, 6.07) is 4.82. The molecule has 1 aromatic rings. The van der Waals surface area contributed by atoms with Crippen molar-refractivity contribution in [1.82, 2.24) is 10.2 Å². The van der Waals surface area contributed by atoms with Crippen LogP contribution in [-0.2, 0) is 4.79 Å². The molecule has 0 spiro atoms. The molecule has 19 heavy (non-hydrogen) atoms. The third kappa shape index (κ3) is 4.05. The van der Waals surface area contributed by atoms with E-state index >= 15 is 0 Å². The smallest absolute Gasteiger partial charge is 0.234 e. The Morgan fingerprint density at radius 3 is 3.11 bits per heavy atom. The molecule has 2 unspecified atom stereocenters. The maximum absolute atomic E-state index is 12.1. The van der Waals surface area contributed by atoms with Gasteiger partial charge in [-0.15, -0.1) is 11.3 Å². The van der Waals surface area contributed by atoms with Gasteiger partial charge in [0.15, 0.2) is 0 Å². The van der Waals surface area contributed by atoms with Gasteiger partial charge in [-0.25, -0.2) is 0 Å². The minimum absolute atomic E-state index is 0.123. The Balaban J connectivity index is 1.83. The van der Waals surface area contributed by atoms with Crippen LogP contribution in [0.4, 0.5) is 0 Å². The fraction of sp³-hybridized carbons (Fsp3) is 0.667. The molecule has 1 saturated heterocycles. The average molecular weight is 280 g/mol. The van der Waals surface area contributed by atoms with Crippen LogP contribution in [0.25, 0.3) is 0 Å². The topological polar surface area (TPSA) is 32.3 Å². The molecular weight excluding hydrogens is 256 g/mol. The molecule has 0 saturated carbocycles. The Morgan fingerprint density at radius 1 is 1.58 bits per heavy atom. The van der Waals surface area contributed by atoms with Gasteiger partial charge in [0.05, 0.1) is 12.6 Å². The number of carbonyl (C=O) groups excluding carboxylic acids is 1. The van der Waals surface area contributed by atoms with Gasteiger partial charge >= 0.3 is 0 Å². The molecule has 1 N–H and O–H groups in total. The minimum Gasteiger partial charge on any atom is -0.348 e. The maximum atomic E-state index is 12.1. The fourth-order valence-electron chi connectivity index (χ4n) is 2.81. The van der Waals surface area contributed by atoms with Crippen molar-refractivity contribution in [2.75, 3.05) is 13.1 Å². The van der Waals surface area contributed by atoms with Gasteiger partial charge in [0.25, 0.3) is 0 Å². The minimum atomic E-state index is 0.123. The Kier molecular flexibility index (Phi) is 5.40. The molecule has 0 aliphatic carbocycles. The molecule has 1 aliphatic rings. The van der Waals surface area contributed by atoms with Crippen LogP contribution in [0.1, 0.15) is 50.4 Å². The van der Waals surface area contributed by atoms with E-state index < -0.39 is 0 Å². The highest BCUT2D eigenvalue weighted by molar-refractivity contribution is 7.10. The monoisotopic (exact) mass is 280 g/mol. The number of carbonyl (C=O) groups is 1. The van der Waals surface area contributed by atoms with Crippen molar-refractivity contribution >= 4 is 17.2 Å². The maximum Gasteiger partial charge on any atom is 0.234 e. The van der Waals surface area contributed by atoms with E-state index in [1.807, 2.05) is 6.07 Å². The second kappa shape index (κ2) is 7.06. The Bertz CT molecular complexity index is 391. The van der Waals surface area contributed by atoms with Crippen molar-refractivity contribution in [1.29, 1.82) is 0 Å². The summed E-state index contributed by atoms with van der Waals surface area (Å²) < 4.78 is 0. The standard InChI is InChI=1S/C15H24N2OS/c1-3-13-7-4-5-9-17(13)11-15(18)16-12(2)14-8-6-10-19-14/h6,8,10,12-13H,3-5,7,9,11H2,1-2H3,(H,16,18). The Labute approximate surface area is 120 Å². The van der Waals surface area contributed by atoms with Crippen molar-refractivity contribution in [3.63, 3.8) is 0 Å². The van der Waals surface area contributed by atoms with Crippen LogP contribution in [0.2, 0.25) is 0 Å². The summed E-state index contributed by atoms with van der Waals surface area (Å²) in [7, 11) is 0. The molecule has 1 aliphatic heterocycles. The number of amides is 1. The van der Waals surface area contributed by atoms with Crippen LogP contribution in [0.3, 0.4) is 0 Å². The van der Waals surface area contributed by atoms with Crippen LogP contribution in [0.15, 0.2) is 17.5 Å².